The average molecular weight is 404 g/mol. The smallest absolute Gasteiger partial charge is 0.277 e. The molecule has 1 fully saturated rings. The maximum atomic E-state index is 13.4. The van der Waals surface area contributed by atoms with Crippen molar-refractivity contribution in [2.75, 3.05) is 32.8 Å². The van der Waals surface area contributed by atoms with Crippen LogP contribution in [0.2, 0.25) is 0 Å². The van der Waals surface area contributed by atoms with Gasteiger partial charge in [-0.3, -0.25) is 14.5 Å². The van der Waals surface area contributed by atoms with Crippen LogP contribution in [0.15, 0.2) is 30.0 Å². The molecule has 0 radical (unpaired) electrons. The van der Waals surface area contributed by atoms with E-state index in [9.17, 15) is 19.1 Å². The number of hydrogen-bond acceptors (Lipinski definition) is 5. The summed E-state index contributed by atoms with van der Waals surface area (Å²) in [7, 11) is 0. The molecule has 6 nitrogen and oxygen atoms in total. The van der Waals surface area contributed by atoms with Gasteiger partial charge in [-0.15, -0.1) is 0 Å². The molecule has 0 aromatic heterocycles. The number of aliphatic hydroxyl groups excluding tert-OH is 1. The predicted octanol–water partition coefficient (Wildman–Crippen LogP) is 2.43. The Balaban J connectivity index is 1.88. The normalized spacial score (nSPS) is 20.4. The summed E-state index contributed by atoms with van der Waals surface area (Å²) in [4.78, 5) is 29.6. The summed E-state index contributed by atoms with van der Waals surface area (Å²) in [6.07, 6.45) is 2.38. The highest BCUT2D eigenvalue weighted by Gasteiger charge is 2.42. The number of carbonyl (C=O) groups excluding carboxylic acids is 2. The number of carbonyl (C=O) groups is 2. The molecule has 3 rings (SSSR count). The highest BCUT2D eigenvalue weighted by Crippen LogP contribution is 2.34. The molecule has 2 heterocycles. The Morgan fingerprint density at radius 1 is 1.21 bits per heavy atom. The largest absolute Gasteiger partial charge is 0.396 e. The van der Waals surface area contributed by atoms with E-state index >= 15 is 0 Å². The van der Waals surface area contributed by atoms with Gasteiger partial charge in [-0.05, 0) is 56.7 Å². The first-order valence-electron chi connectivity index (χ1n) is 10.3. The van der Waals surface area contributed by atoms with Crippen molar-refractivity contribution in [1.82, 2.24) is 9.80 Å². The van der Waals surface area contributed by atoms with Gasteiger partial charge in [-0.25, -0.2) is 4.39 Å². The Kier molecular flexibility index (Phi) is 7.03. The minimum Gasteiger partial charge on any atom is -0.396 e. The lowest BCUT2D eigenvalue weighted by Crippen LogP contribution is -2.41. The molecule has 29 heavy (non-hydrogen) atoms. The van der Waals surface area contributed by atoms with E-state index in [1.807, 2.05) is 18.7 Å². The van der Waals surface area contributed by atoms with Crippen molar-refractivity contribution in [2.45, 2.75) is 39.2 Å². The van der Waals surface area contributed by atoms with Crippen LogP contribution in [0.3, 0.4) is 0 Å². The van der Waals surface area contributed by atoms with Crippen LogP contribution in [0, 0.1) is 11.7 Å². The minimum atomic E-state index is -0.395. The van der Waals surface area contributed by atoms with Gasteiger partial charge in [0.1, 0.15) is 11.5 Å². The number of likely N-dealkylation sites (tertiary alicyclic amines) is 1. The second kappa shape index (κ2) is 9.50. The summed E-state index contributed by atoms with van der Waals surface area (Å²) in [6.45, 7) is 5.84. The summed E-state index contributed by atoms with van der Waals surface area (Å²) in [6, 6.07) is 5.66. The van der Waals surface area contributed by atoms with E-state index in [-0.39, 0.29) is 37.0 Å². The molecule has 1 N–H and O–H groups in total. The standard InChI is InChI=1S/C22H29FN2O4/c1-15(2)29-12-4-11-25-21(27)19(17-6-8-18(23)9-7-17)20(22(25)28)24-10-3-5-16(13-24)14-26/h6-9,15-16,26H,3-5,10-14H2,1-2H3. The van der Waals surface area contributed by atoms with Gasteiger partial charge in [0.25, 0.3) is 11.8 Å². The molecule has 2 amide bonds. The number of piperidine rings is 1. The molecule has 0 bridgehead atoms. The third kappa shape index (κ3) is 4.85. The van der Waals surface area contributed by atoms with Crippen molar-refractivity contribution < 1.29 is 23.8 Å². The third-order valence-electron chi connectivity index (χ3n) is 5.35. The van der Waals surface area contributed by atoms with E-state index in [1.54, 1.807) is 0 Å². The Bertz CT molecular complexity index is 776. The van der Waals surface area contributed by atoms with Gasteiger partial charge in [-0.2, -0.15) is 0 Å². The van der Waals surface area contributed by atoms with Gasteiger partial charge in [-0.1, -0.05) is 12.1 Å². The Morgan fingerprint density at radius 3 is 2.59 bits per heavy atom. The fourth-order valence-corrected chi connectivity index (χ4v) is 3.90. The molecule has 2 aliphatic rings. The number of nitrogens with zero attached hydrogens (tertiary/aromatic N) is 2. The van der Waals surface area contributed by atoms with Gasteiger partial charge < -0.3 is 14.7 Å². The van der Waals surface area contributed by atoms with Crippen molar-refractivity contribution in [2.24, 2.45) is 5.92 Å². The molecular weight excluding hydrogens is 375 g/mol. The van der Waals surface area contributed by atoms with Crippen LogP contribution in [-0.2, 0) is 14.3 Å². The first-order valence-corrected chi connectivity index (χ1v) is 10.3. The summed E-state index contributed by atoms with van der Waals surface area (Å²) in [5, 5.41) is 9.56. The molecule has 7 heteroatoms. The van der Waals surface area contributed by atoms with Crippen molar-refractivity contribution in [3.63, 3.8) is 0 Å². The molecule has 2 aliphatic heterocycles. The van der Waals surface area contributed by atoms with E-state index < -0.39 is 5.82 Å². The number of imide groups is 1. The van der Waals surface area contributed by atoms with E-state index in [0.717, 1.165) is 12.8 Å². The van der Waals surface area contributed by atoms with Crippen LogP contribution in [0.4, 0.5) is 4.39 Å². The van der Waals surface area contributed by atoms with Gasteiger partial charge in [0.05, 0.1) is 11.7 Å². The highest BCUT2D eigenvalue weighted by molar-refractivity contribution is 6.35. The fourth-order valence-electron chi connectivity index (χ4n) is 3.90. The zero-order valence-electron chi connectivity index (χ0n) is 17.1. The van der Waals surface area contributed by atoms with Crippen molar-refractivity contribution in [3.05, 3.63) is 41.3 Å². The number of aliphatic hydroxyl groups is 1. The van der Waals surface area contributed by atoms with Gasteiger partial charge in [0, 0.05) is 32.8 Å². The maximum Gasteiger partial charge on any atom is 0.277 e. The summed E-state index contributed by atoms with van der Waals surface area (Å²) >= 11 is 0. The van der Waals surface area contributed by atoms with Crippen molar-refractivity contribution >= 4 is 17.4 Å². The molecule has 0 aliphatic carbocycles. The van der Waals surface area contributed by atoms with Gasteiger partial charge in [0.2, 0.25) is 0 Å². The quantitative estimate of drug-likeness (QED) is 0.532. The van der Waals surface area contributed by atoms with E-state index in [0.29, 0.717) is 43.0 Å². The average Bonchev–Trinajstić information content (AvgIpc) is 2.96. The van der Waals surface area contributed by atoms with E-state index in [1.165, 1.54) is 29.2 Å². The minimum absolute atomic E-state index is 0.0497. The number of amides is 2. The topological polar surface area (TPSA) is 70.1 Å². The summed E-state index contributed by atoms with van der Waals surface area (Å²) in [5.74, 6) is -1.000. The maximum absolute atomic E-state index is 13.4. The van der Waals surface area contributed by atoms with Gasteiger partial charge >= 0.3 is 0 Å². The molecule has 1 saturated heterocycles. The number of halogens is 1. The monoisotopic (exact) mass is 404 g/mol. The number of hydrogen-bond donors (Lipinski definition) is 1. The predicted molar refractivity (Wildman–Crippen MR) is 107 cm³/mol. The first kappa shape index (κ1) is 21.5. The first-order chi connectivity index (χ1) is 13.9. The van der Waals surface area contributed by atoms with Gasteiger partial charge in [0.15, 0.2) is 0 Å². The summed E-state index contributed by atoms with van der Waals surface area (Å²) < 4.78 is 18.9. The Hall–Kier alpha value is -2.25. The molecule has 158 valence electrons. The molecule has 1 unspecified atom stereocenters. The molecule has 0 saturated carbocycles. The van der Waals surface area contributed by atoms with E-state index in [2.05, 4.69) is 0 Å². The molecule has 1 atom stereocenters. The zero-order valence-corrected chi connectivity index (χ0v) is 17.1. The summed E-state index contributed by atoms with van der Waals surface area (Å²) in [5.41, 5.74) is 1.22. The molecule has 1 aromatic carbocycles. The zero-order chi connectivity index (χ0) is 21.0. The molecule has 0 spiro atoms. The fraction of sp³-hybridized carbons (Fsp3) is 0.545. The second-order valence-electron chi connectivity index (χ2n) is 7.90. The number of benzene rings is 1. The van der Waals surface area contributed by atoms with Crippen molar-refractivity contribution in [3.8, 4) is 0 Å². The van der Waals surface area contributed by atoms with Crippen LogP contribution < -0.4 is 0 Å². The lowest BCUT2D eigenvalue weighted by molar-refractivity contribution is -0.138. The van der Waals surface area contributed by atoms with Crippen LogP contribution in [-0.4, -0.2) is 65.7 Å². The number of ether oxygens (including phenoxy) is 1. The van der Waals surface area contributed by atoms with Crippen LogP contribution >= 0.6 is 0 Å². The second-order valence-corrected chi connectivity index (χ2v) is 7.90. The van der Waals surface area contributed by atoms with Crippen LogP contribution in [0.25, 0.3) is 5.57 Å². The van der Waals surface area contributed by atoms with Crippen molar-refractivity contribution in [1.29, 1.82) is 0 Å². The highest BCUT2D eigenvalue weighted by atomic mass is 19.1. The van der Waals surface area contributed by atoms with Crippen LogP contribution in [0.5, 0.6) is 0 Å². The van der Waals surface area contributed by atoms with E-state index in [4.69, 9.17) is 4.74 Å². The Morgan fingerprint density at radius 2 is 1.93 bits per heavy atom. The third-order valence-corrected chi connectivity index (χ3v) is 5.35. The SMILES string of the molecule is CC(C)OCCCN1C(=O)C(c2ccc(F)cc2)=C(N2CCCC(CO)C2)C1=O. The Labute approximate surface area is 170 Å². The lowest BCUT2D eigenvalue weighted by atomic mass is 9.97. The molecule has 1 aromatic rings. The lowest BCUT2D eigenvalue weighted by Gasteiger charge is -2.34. The molecular formula is C22H29FN2O4. The number of rotatable bonds is 8. The van der Waals surface area contributed by atoms with Crippen LogP contribution in [0.1, 0.15) is 38.7 Å².